The summed E-state index contributed by atoms with van der Waals surface area (Å²) < 4.78 is 0. The number of hydrazone groups is 1. The lowest BCUT2D eigenvalue weighted by Gasteiger charge is -2.24. The van der Waals surface area contributed by atoms with Crippen LogP contribution in [-0.2, 0) is 9.59 Å². The average Bonchev–Trinajstić information content (AvgIpc) is 2.51. The fourth-order valence-electron chi connectivity index (χ4n) is 2.35. The zero-order valence-corrected chi connectivity index (χ0v) is 12.8. The SMILES string of the molecule is C#CC(C)/C(=N\N(CO)CC(=O)NC1CCCCC1)C(=O)O. The van der Waals surface area contributed by atoms with Crippen LogP contribution >= 0.6 is 0 Å². The Hall–Kier alpha value is -2.07. The molecule has 1 aliphatic carbocycles. The van der Waals surface area contributed by atoms with Crippen LogP contribution in [0.25, 0.3) is 0 Å². The van der Waals surface area contributed by atoms with Gasteiger partial charge in [-0.1, -0.05) is 25.2 Å². The van der Waals surface area contributed by atoms with Gasteiger partial charge in [0.25, 0.3) is 0 Å². The van der Waals surface area contributed by atoms with Gasteiger partial charge in [0.05, 0.1) is 5.92 Å². The number of rotatable bonds is 7. The zero-order chi connectivity index (χ0) is 16.5. The summed E-state index contributed by atoms with van der Waals surface area (Å²) in [5, 5.41) is 26.0. The summed E-state index contributed by atoms with van der Waals surface area (Å²) >= 11 is 0. The first-order chi connectivity index (χ1) is 10.5. The number of carbonyl (C=O) groups excluding carboxylic acids is 1. The lowest BCUT2D eigenvalue weighted by Crippen LogP contribution is -2.42. The van der Waals surface area contributed by atoms with Crippen LogP contribution in [0.3, 0.4) is 0 Å². The Morgan fingerprint density at radius 2 is 2.05 bits per heavy atom. The molecule has 0 aromatic heterocycles. The summed E-state index contributed by atoms with van der Waals surface area (Å²) in [5.74, 6) is 0.00337. The van der Waals surface area contributed by atoms with E-state index in [2.05, 4.69) is 16.3 Å². The van der Waals surface area contributed by atoms with Crippen molar-refractivity contribution in [1.29, 1.82) is 0 Å². The van der Waals surface area contributed by atoms with Crippen molar-refractivity contribution in [3.63, 3.8) is 0 Å². The first-order valence-corrected chi connectivity index (χ1v) is 7.41. The Labute approximate surface area is 130 Å². The second-order valence-electron chi connectivity index (χ2n) is 5.39. The number of nitrogens with zero attached hydrogens (tertiary/aromatic N) is 2. The van der Waals surface area contributed by atoms with Crippen molar-refractivity contribution in [3.05, 3.63) is 0 Å². The van der Waals surface area contributed by atoms with Gasteiger partial charge in [0.15, 0.2) is 5.71 Å². The van der Waals surface area contributed by atoms with E-state index >= 15 is 0 Å². The molecule has 1 rings (SSSR count). The van der Waals surface area contributed by atoms with Crippen LogP contribution in [0.1, 0.15) is 39.0 Å². The molecule has 1 amide bonds. The molecule has 0 bridgehead atoms. The van der Waals surface area contributed by atoms with Crippen LogP contribution in [0.2, 0.25) is 0 Å². The highest BCUT2D eigenvalue weighted by molar-refractivity contribution is 6.36. The first-order valence-electron chi connectivity index (χ1n) is 7.41. The smallest absolute Gasteiger partial charge is 0.353 e. The molecule has 0 aliphatic heterocycles. The molecule has 22 heavy (non-hydrogen) atoms. The lowest BCUT2D eigenvalue weighted by atomic mass is 9.95. The maximum absolute atomic E-state index is 12.0. The van der Waals surface area contributed by atoms with Crippen molar-refractivity contribution >= 4 is 17.6 Å². The Bertz CT molecular complexity index is 464. The number of hydrogen-bond acceptors (Lipinski definition) is 5. The zero-order valence-electron chi connectivity index (χ0n) is 12.8. The second-order valence-corrected chi connectivity index (χ2v) is 5.39. The van der Waals surface area contributed by atoms with E-state index in [1.807, 2.05) is 0 Å². The van der Waals surface area contributed by atoms with E-state index in [1.54, 1.807) is 0 Å². The number of aliphatic hydroxyl groups excluding tert-OH is 1. The van der Waals surface area contributed by atoms with Crippen LogP contribution < -0.4 is 5.32 Å². The Balaban J connectivity index is 2.64. The summed E-state index contributed by atoms with van der Waals surface area (Å²) in [6.07, 6.45) is 10.5. The van der Waals surface area contributed by atoms with Crippen molar-refractivity contribution in [2.24, 2.45) is 11.0 Å². The first kappa shape index (κ1) is 18.0. The molecular formula is C15H23N3O4. The quantitative estimate of drug-likeness (QED) is 0.273. The maximum Gasteiger partial charge on any atom is 0.353 e. The molecule has 7 nitrogen and oxygen atoms in total. The second kappa shape index (κ2) is 9.05. The summed E-state index contributed by atoms with van der Waals surface area (Å²) in [6.45, 7) is 0.748. The van der Waals surface area contributed by atoms with Gasteiger partial charge in [-0.25, -0.2) is 4.79 Å². The highest BCUT2D eigenvalue weighted by atomic mass is 16.4. The van der Waals surface area contributed by atoms with Crippen molar-refractivity contribution in [2.75, 3.05) is 13.3 Å². The van der Waals surface area contributed by atoms with Crippen LogP contribution in [0.4, 0.5) is 0 Å². The third-order valence-electron chi connectivity index (χ3n) is 3.59. The average molecular weight is 309 g/mol. The van der Waals surface area contributed by atoms with Crippen molar-refractivity contribution in [2.45, 2.75) is 45.1 Å². The van der Waals surface area contributed by atoms with E-state index in [4.69, 9.17) is 11.5 Å². The molecule has 0 saturated heterocycles. The third-order valence-corrected chi connectivity index (χ3v) is 3.59. The molecule has 0 aromatic rings. The molecule has 7 heteroatoms. The minimum absolute atomic E-state index is 0.148. The summed E-state index contributed by atoms with van der Waals surface area (Å²) in [7, 11) is 0. The van der Waals surface area contributed by atoms with Gasteiger partial charge in [-0.15, -0.1) is 6.42 Å². The monoisotopic (exact) mass is 309 g/mol. The summed E-state index contributed by atoms with van der Waals surface area (Å²) in [4.78, 5) is 23.1. The fourth-order valence-corrected chi connectivity index (χ4v) is 2.35. The lowest BCUT2D eigenvalue weighted by molar-refractivity contribution is -0.130. The number of carboxylic acid groups (broad SMARTS) is 1. The standard InChI is InChI=1S/C15H23N3O4/c1-3-11(2)14(15(21)22)17-18(10-19)9-13(20)16-12-7-5-4-6-8-12/h1,11-12,19H,4-10H2,2H3,(H,16,20)(H,21,22)/b17-14+. The maximum atomic E-state index is 12.0. The molecular weight excluding hydrogens is 286 g/mol. The number of nitrogens with one attached hydrogen (secondary N) is 1. The summed E-state index contributed by atoms with van der Waals surface area (Å²) in [6, 6.07) is 0.148. The Morgan fingerprint density at radius 1 is 1.41 bits per heavy atom. The van der Waals surface area contributed by atoms with E-state index in [-0.39, 0.29) is 24.2 Å². The third kappa shape index (κ3) is 5.74. The van der Waals surface area contributed by atoms with E-state index in [1.165, 1.54) is 13.3 Å². The molecule has 1 aliphatic rings. The molecule has 3 N–H and O–H groups in total. The van der Waals surface area contributed by atoms with Gasteiger partial charge in [-0.3, -0.25) is 9.80 Å². The van der Waals surface area contributed by atoms with Crippen LogP contribution in [-0.4, -0.2) is 52.1 Å². The highest BCUT2D eigenvalue weighted by Crippen LogP contribution is 2.17. The molecule has 1 unspecified atom stereocenters. The van der Waals surface area contributed by atoms with Gasteiger partial charge in [0.1, 0.15) is 13.3 Å². The molecule has 0 aromatic carbocycles. The minimum atomic E-state index is -1.27. The van der Waals surface area contributed by atoms with E-state index in [9.17, 15) is 14.7 Å². The van der Waals surface area contributed by atoms with Crippen molar-refractivity contribution in [3.8, 4) is 12.3 Å². The molecule has 122 valence electrons. The summed E-state index contributed by atoms with van der Waals surface area (Å²) in [5.41, 5.74) is -0.276. The van der Waals surface area contributed by atoms with E-state index in [0.717, 1.165) is 30.7 Å². The molecule has 1 atom stereocenters. The normalized spacial score (nSPS) is 17.4. The number of carbonyl (C=O) groups is 2. The number of carboxylic acids is 1. The molecule has 1 fully saturated rings. The number of hydrogen-bond donors (Lipinski definition) is 3. The number of amides is 1. The fraction of sp³-hybridized carbons (Fsp3) is 0.667. The predicted octanol–water partition coefficient (Wildman–Crippen LogP) is 0.397. The van der Waals surface area contributed by atoms with Crippen molar-refractivity contribution in [1.82, 2.24) is 10.3 Å². The number of aliphatic carboxylic acids is 1. The minimum Gasteiger partial charge on any atom is -0.477 e. The number of aliphatic hydroxyl groups is 1. The van der Waals surface area contributed by atoms with E-state index in [0.29, 0.717) is 0 Å². The highest BCUT2D eigenvalue weighted by Gasteiger charge is 2.20. The Kier molecular flexibility index (Phi) is 7.40. The van der Waals surface area contributed by atoms with Gasteiger partial charge >= 0.3 is 5.97 Å². The molecule has 0 heterocycles. The largest absolute Gasteiger partial charge is 0.477 e. The van der Waals surface area contributed by atoms with Gasteiger partial charge in [-0.05, 0) is 19.8 Å². The topological polar surface area (TPSA) is 102 Å². The van der Waals surface area contributed by atoms with Crippen molar-refractivity contribution < 1.29 is 19.8 Å². The van der Waals surface area contributed by atoms with Gasteiger partial charge in [0.2, 0.25) is 5.91 Å². The number of terminal acetylenes is 1. The van der Waals surface area contributed by atoms with Gasteiger partial charge in [0, 0.05) is 6.04 Å². The van der Waals surface area contributed by atoms with E-state index < -0.39 is 18.6 Å². The van der Waals surface area contributed by atoms with Gasteiger partial charge in [-0.2, -0.15) is 5.10 Å². The predicted molar refractivity (Wildman–Crippen MR) is 81.9 cm³/mol. The van der Waals surface area contributed by atoms with Crippen LogP contribution in [0, 0.1) is 18.3 Å². The van der Waals surface area contributed by atoms with Crippen LogP contribution in [0.15, 0.2) is 5.10 Å². The molecule has 0 radical (unpaired) electrons. The molecule has 1 saturated carbocycles. The Morgan fingerprint density at radius 3 is 2.55 bits per heavy atom. The van der Waals surface area contributed by atoms with Gasteiger partial charge < -0.3 is 15.5 Å². The van der Waals surface area contributed by atoms with Crippen LogP contribution in [0.5, 0.6) is 0 Å². The molecule has 0 spiro atoms.